The van der Waals surface area contributed by atoms with E-state index in [1.807, 2.05) is 0 Å². The Morgan fingerprint density at radius 2 is 2.00 bits per heavy atom. The van der Waals surface area contributed by atoms with Gasteiger partial charge in [-0.15, -0.1) is 0 Å². The smallest absolute Gasteiger partial charge is 0.305 e. The third-order valence-corrected chi connectivity index (χ3v) is 10.8. The number of anilines is 1. The van der Waals surface area contributed by atoms with Gasteiger partial charge in [0.15, 0.2) is 0 Å². The van der Waals surface area contributed by atoms with Gasteiger partial charge in [-0.25, -0.2) is 4.98 Å². The first-order valence-corrected chi connectivity index (χ1v) is 18.6. The molecule has 280 valence electrons. The van der Waals surface area contributed by atoms with Crippen LogP contribution >= 0.6 is 11.3 Å². The standard InChI is InChI=1S/C37H49N7O7S/c1-42(17-14-38-23-30(46)28-6-7-29(45)33-34(28)52-36(48)41-33)32(47)10-20-50-19-9-26-4-3-5-27(22-26)24-43-15-11-37(12-16-43)25-44(18-21-51-37)35-39-13-8-31(40-35)49-2/h3-8,13,22,30,38,45-46H,9-12,14-21,23-25H2,1-2H3,(H,41,48)/t30-/m0/s1. The van der Waals surface area contributed by atoms with Crippen molar-refractivity contribution in [3.05, 3.63) is 75.0 Å². The van der Waals surface area contributed by atoms with Crippen molar-refractivity contribution in [2.75, 3.05) is 84.7 Å². The number of benzene rings is 2. The predicted molar refractivity (Wildman–Crippen MR) is 199 cm³/mol. The van der Waals surface area contributed by atoms with Crippen molar-refractivity contribution in [2.45, 2.75) is 43.9 Å². The lowest BCUT2D eigenvalue weighted by Crippen LogP contribution is -2.57. The van der Waals surface area contributed by atoms with Crippen LogP contribution in [0, 0.1) is 0 Å². The first-order valence-electron chi connectivity index (χ1n) is 17.8. The number of piperidine rings is 1. The number of methoxy groups -OCH3 is 1. The average molecular weight is 736 g/mol. The van der Waals surface area contributed by atoms with Gasteiger partial charge in [-0.05, 0) is 36.5 Å². The topological polar surface area (TPSA) is 166 Å². The summed E-state index contributed by atoms with van der Waals surface area (Å²) in [6.07, 6.45) is 3.85. The number of likely N-dealkylation sites (tertiary alicyclic amines) is 1. The van der Waals surface area contributed by atoms with Crippen molar-refractivity contribution >= 4 is 33.4 Å². The van der Waals surface area contributed by atoms with Gasteiger partial charge in [-0.2, -0.15) is 4.98 Å². The molecule has 0 bridgehead atoms. The molecule has 52 heavy (non-hydrogen) atoms. The van der Waals surface area contributed by atoms with Gasteiger partial charge in [0.05, 0.1) is 56.3 Å². The molecule has 0 unspecified atom stereocenters. The summed E-state index contributed by atoms with van der Waals surface area (Å²) in [5.74, 6) is 1.22. The van der Waals surface area contributed by atoms with Crippen molar-refractivity contribution in [3.63, 3.8) is 0 Å². The van der Waals surface area contributed by atoms with E-state index >= 15 is 0 Å². The minimum Gasteiger partial charge on any atom is -0.506 e. The summed E-state index contributed by atoms with van der Waals surface area (Å²) >= 11 is 0.954. The highest BCUT2D eigenvalue weighted by Gasteiger charge is 2.40. The van der Waals surface area contributed by atoms with Crippen LogP contribution in [-0.2, 0) is 27.2 Å². The number of ether oxygens (including phenoxy) is 3. The molecule has 2 fully saturated rings. The molecule has 0 saturated carbocycles. The van der Waals surface area contributed by atoms with Crippen LogP contribution in [0.4, 0.5) is 5.95 Å². The number of aliphatic hydroxyl groups is 1. The zero-order valence-corrected chi connectivity index (χ0v) is 30.7. The van der Waals surface area contributed by atoms with E-state index in [-0.39, 0.29) is 28.7 Å². The minimum absolute atomic E-state index is 0.00929. The number of amides is 1. The Kier molecular flexibility index (Phi) is 12.7. The maximum atomic E-state index is 12.6. The number of carbonyl (C=O) groups is 1. The number of aromatic amines is 1. The Morgan fingerprint density at radius 1 is 1.17 bits per heavy atom. The summed E-state index contributed by atoms with van der Waals surface area (Å²) < 4.78 is 18.0. The molecule has 1 amide bonds. The molecule has 4 aromatic rings. The number of nitrogens with zero attached hydrogens (tertiary/aromatic N) is 5. The fraction of sp³-hybridized carbons (Fsp3) is 0.514. The monoisotopic (exact) mass is 735 g/mol. The Hall–Kier alpha value is -4.12. The largest absolute Gasteiger partial charge is 0.506 e. The van der Waals surface area contributed by atoms with Crippen molar-refractivity contribution in [2.24, 2.45) is 0 Å². The number of aromatic nitrogens is 3. The molecule has 6 rings (SSSR count). The molecule has 2 aromatic carbocycles. The number of morpholine rings is 1. The number of likely N-dealkylation sites (N-methyl/N-ethyl adjacent to an activating group) is 1. The summed E-state index contributed by atoms with van der Waals surface area (Å²) in [5.41, 5.74) is 3.21. The highest BCUT2D eigenvalue weighted by molar-refractivity contribution is 7.16. The molecule has 4 heterocycles. The molecular weight excluding hydrogens is 687 g/mol. The maximum Gasteiger partial charge on any atom is 0.305 e. The average Bonchev–Trinajstić information content (AvgIpc) is 3.56. The van der Waals surface area contributed by atoms with E-state index in [1.54, 1.807) is 37.4 Å². The number of hydrogen-bond donors (Lipinski definition) is 4. The second-order valence-corrected chi connectivity index (χ2v) is 14.5. The maximum absolute atomic E-state index is 12.6. The molecule has 2 aliphatic rings. The van der Waals surface area contributed by atoms with E-state index in [9.17, 15) is 19.8 Å². The fourth-order valence-electron chi connectivity index (χ4n) is 6.84. The van der Waals surface area contributed by atoms with Crippen LogP contribution in [0.15, 0.2) is 53.5 Å². The van der Waals surface area contributed by atoms with Gasteiger partial charge >= 0.3 is 4.87 Å². The van der Waals surface area contributed by atoms with Crippen molar-refractivity contribution in [1.82, 2.24) is 30.1 Å². The van der Waals surface area contributed by atoms with E-state index in [0.29, 0.717) is 66.9 Å². The summed E-state index contributed by atoms with van der Waals surface area (Å²) in [6.45, 7) is 7.12. The van der Waals surface area contributed by atoms with E-state index in [4.69, 9.17) is 14.2 Å². The molecule has 14 nitrogen and oxygen atoms in total. The molecular formula is C37H49N7O7S. The molecule has 2 aromatic heterocycles. The second kappa shape index (κ2) is 17.6. The number of phenolic OH excluding ortho intramolecular Hbond substituents is 1. The van der Waals surface area contributed by atoms with E-state index < -0.39 is 6.10 Å². The number of carbonyl (C=O) groups excluding carboxylic acids is 1. The Labute approximate surface area is 307 Å². The predicted octanol–water partition coefficient (Wildman–Crippen LogP) is 2.70. The van der Waals surface area contributed by atoms with Gasteiger partial charge in [0, 0.05) is 70.7 Å². The number of thiazole rings is 1. The van der Waals surface area contributed by atoms with Crippen LogP contribution in [0.25, 0.3) is 10.2 Å². The first-order chi connectivity index (χ1) is 25.2. The lowest BCUT2D eigenvalue weighted by atomic mass is 9.89. The Bertz CT molecular complexity index is 1840. The number of nitrogens with one attached hydrogen (secondary N) is 2. The van der Waals surface area contributed by atoms with E-state index in [0.717, 1.165) is 63.3 Å². The third-order valence-electron chi connectivity index (χ3n) is 9.85. The molecule has 2 aliphatic heterocycles. The zero-order chi connectivity index (χ0) is 36.5. The number of rotatable bonds is 16. The van der Waals surface area contributed by atoms with Gasteiger partial charge in [-0.1, -0.05) is 41.7 Å². The Balaban J connectivity index is 0.852. The Morgan fingerprint density at radius 3 is 2.83 bits per heavy atom. The highest BCUT2D eigenvalue weighted by atomic mass is 32.1. The SMILES string of the molecule is COc1ccnc(N2CCOC3(CCN(Cc4cccc(CCOCCC(=O)N(C)CCNC[C@H](O)c5ccc(O)c6[nH]c(=O)sc56)c4)CC3)C2)n1. The zero-order valence-electron chi connectivity index (χ0n) is 29.9. The molecule has 2 saturated heterocycles. The summed E-state index contributed by atoms with van der Waals surface area (Å²) in [5, 5.41) is 23.8. The quantitative estimate of drug-likeness (QED) is 0.125. The molecule has 0 radical (unpaired) electrons. The summed E-state index contributed by atoms with van der Waals surface area (Å²) in [4.78, 5) is 42.0. The fourth-order valence-corrected chi connectivity index (χ4v) is 7.76. The van der Waals surface area contributed by atoms with Crippen LogP contribution in [0.3, 0.4) is 0 Å². The highest BCUT2D eigenvalue weighted by Crippen LogP contribution is 2.33. The van der Waals surface area contributed by atoms with Gasteiger partial charge in [0.25, 0.3) is 0 Å². The number of phenols is 1. The van der Waals surface area contributed by atoms with Crippen LogP contribution in [0.5, 0.6) is 11.6 Å². The van der Waals surface area contributed by atoms with Crippen molar-refractivity contribution in [1.29, 1.82) is 0 Å². The van der Waals surface area contributed by atoms with E-state index in [2.05, 4.69) is 54.3 Å². The van der Waals surface area contributed by atoms with Crippen molar-refractivity contribution < 1.29 is 29.2 Å². The van der Waals surface area contributed by atoms with Gasteiger partial charge in [-0.3, -0.25) is 14.5 Å². The van der Waals surface area contributed by atoms with Crippen LogP contribution < -0.4 is 19.8 Å². The number of fused-ring (bicyclic) bond motifs is 1. The second-order valence-electron chi connectivity index (χ2n) is 13.5. The lowest BCUT2D eigenvalue weighted by Gasteiger charge is -2.47. The summed E-state index contributed by atoms with van der Waals surface area (Å²) in [7, 11) is 3.37. The van der Waals surface area contributed by atoms with Crippen LogP contribution in [0.1, 0.15) is 42.1 Å². The minimum atomic E-state index is -0.868. The van der Waals surface area contributed by atoms with Gasteiger partial charge in [0.2, 0.25) is 17.7 Å². The van der Waals surface area contributed by atoms with E-state index in [1.165, 1.54) is 17.2 Å². The van der Waals surface area contributed by atoms with Crippen molar-refractivity contribution in [3.8, 4) is 11.6 Å². The number of H-pyrrole nitrogens is 1. The van der Waals surface area contributed by atoms with Gasteiger partial charge in [0.1, 0.15) is 11.3 Å². The van der Waals surface area contributed by atoms with Crippen LogP contribution in [0.2, 0.25) is 0 Å². The number of aromatic hydroxyl groups is 1. The first kappa shape index (κ1) is 37.6. The number of hydrogen-bond acceptors (Lipinski definition) is 13. The molecule has 0 aliphatic carbocycles. The summed E-state index contributed by atoms with van der Waals surface area (Å²) in [6, 6.07) is 13.5. The molecule has 4 N–H and O–H groups in total. The van der Waals surface area contributed by atoms with Gasteiger partial charge < -0.3 is 44.5 Å². The van der Waals surface area contributed by atoms with Crippen LogP contribution in [-0.4, -0.2) is 126 Å². The number of aliphatic hydroxyl groups excluding tert-OH is 1. The molecule has 15 heteroatoms. The normalized spacial score (nSPS) is 16.7. The third kappa shape index (κ3) is 9.65. The molecule has 1 spiro atoms. The molecule has 1 atom stereocenters. The lowest BCUT2D eigenvalue weighted by molar-refractivity contribution is -0.131.